The van der Waals surface area contributed by atoms with E-state index in [2.05, 4.69) is 15.3 Å². The van der Waals surface area contributed by atoms with E-state index in [1.54, 1.807) is 20.5 Å². The molecule has 0 radical (unpaired) electrons. The monoisotopic (exact) mass is 466 g/mol. The van der Waals surface area contributed by atoms with Gasteiger partial charge >= 0.3 is 6.03 Å². The van der Waals surface area contributed by atoms with Gasteiger partial charge in [-0.05, 0) is 57.0 Å². The number of methoxy groups -OCH3 is 2. The maximum Gasteiger partial charge on any atom is 0.321 e. The number of aromatic nitrogens is 2. The summed E-state index contributed by atoms with van der Waals surface area (Å²) >= 11 is 0. The van der Waals surface area contributed by atoms with Gasteiger partial charge < -0.3 is 24.4 Å². The van der Waals surface area contributed by atoms with Crippen LogP contribution in [0.2, 0.25) is 0 Å². The molecular formula is C26H34N4O4. The molecule has 1 saturated heterocycles. The number of hydrogen-bond acceptors (Lipinski definition) is 6. The average molecular weight is 467 g/mol. The number of amides is 2. The normalized spacial score (nSPS) is 14.0. The van der Waals surface area contributed by atoms with Gasteiger partial charge in [0.15, 0.2) is 11.5 Å². The number of carbonyl (C=O) groups is 1. The summed E-state index contributed by atoms with van der Waals surface area (Å²) in [6, 6.07) is 11.2. The van der Waals surface area contributed by atoms with E-state index < -0.39 is 0 Å². The third kappa shape index (κ3) is 5.50. The number of rotatable bonds is 6. The maximum atomic E-state index is 12.8. The second-order valence-electron chi connectivity index (χ2n) is 8.37. The molecule has 34 heavy (non-hydrogen) atoms. The fraction of sp³-hybridized carbons (Fsp3) is 0.423. The highest BCUT2D eigenvalue weighted by Crippen LogP contribution is 2.36. The van der Waals surface area contributed by atoms with Gasteiger partial charge in [0, 0.05) is 36.1 Å². The molecule has 8 heteroatoms. The second kappa shape index (κ2) is 11.0. The Morgan fingerprint density at radius 1 is 1.03 bits per heavy atom. The third-order valence-corrected chi connectivity index (χ3v) is 5.82. The summed E-state index contributed by atoms with van der Waals surface area (Å²) in [6.45, 7) is 5.28. The molecule has 1 aromatic heterocycles. The van der Waals surface area contributed by atoms with Gasteiger partial charge in [-0.1, -0.05) is 7.43 Å². The van der Waals surface area contributed by atoms with Crippen molar-refractivity contribution in [3.63, 3.8) is 0 Å². The Kier molecular flexibility index (Phi) is 8.15. The first kappa shape index (κ1) is 25.1. The van der Waals surface area contributed by atoms with Crippen LogP contribution in [0.4, 0.5) is 10.5 Å². The summed E-state index contributed by atoms with van der Waals surface area (Å²) < 4.78 is 16.5. The average Bonchev–Trinajstić information content (AvgIpc) is 2.83. The van der Waals surface area contributed by atoms with Crippen LogP contribution in [0.3, 0.4) is 0 Å². The summed E-state index contributed by atoms with van der Waals surface area (Å²) in [4.78, 5) is 23.6. The van der Waals surface area contributed by atoms with Gasteiger partial charge in [0.05, 0.1) is 31.5 Å². The molecule has 0 spiro atoms. The Morgan fingerprint density at radius 3 is 2.29 bits per heavy atom. The molecule has 182 valence electrons. The number of carbonyl (C=O) groups excluding carboxylic acids is 1. The molecule has 1 aliphatic rings. The zero-order valence-corrected chi connectivity index (χ0v) is 19.5. The van der Waals surface area contributed by atoms with Crippen molar-refractivity contribution in [2.24, 2.45) is 0 Å². The molecule has 2 heterocycles. The van der Waals surface area contributed by atoms with Gasteiger partial charge in [-0.25, -0.2) is 14.8 Å². The highest BCUT2D eigenvalue weighted by Gasteiger charge is 2.26. The lowest BCUT2D eigenvalue weighted by atomic mass is 9.91. The minimum atomic E-state index is -0.0927. The van der Waals surface area contributed by atoms with Gasteiger partial charge in [-0.2, -0.15) is 0 Å². The number of fused-ring (bicyclic) bond motifs is 1. The molecule has 3 aromatic rings. The fourth-order valence-electron chi connectivity index (χ4n) is 4.18. The van der Waals surface area contributed by atoms with Crippen LogP contribution in [0.1, 0.15) is 45.7 Å². The first-order valence-electron chi connectivity index (χ1n) is 11.2. The summed E-state index contributed by atoms with van der Waals surface area (Å²) in [5, 5.41) is 3.94. The van der Waals surface area contributed by atoms with Crippen molar-refractivity contribution in [2.45, 2.75) is 46.1 Å². The van der Waals surface area contributed by atoms with Crippen molar-refractivity contribution >= 4 is 22.6 Å². The Labute approximate surface area is 201 Å². The van der Waals surface area contributed by atoms with Crippen LogP contribution < -0.4 is 19.5 Å². The smallest absolute Gasteiger partial charge is 0.321 e. The topological polar surface area (TPSA) is 85.8 Å². The molecule has 1 aliphatic heterocycles. The van der Waals surface area contributed by atoms with E-state index in [1.807, 2.05) is 55.1 Å². The molecule has 0 bridgehead atoms. The Bertz CT molecular complexity index is 1110. The van der Waals surface area contributed by atoms with Crippen molar-refractivity contribution in [1.82, 2.24) is 14.9 Å². The van der Waals surface area contributed by atoms with Crippen LogP contribution in [0.5, 0.6) is 17.2 Å². The third-order valence-electron chi connectivity index (χ3n) is 5.82. The van der Waals surface area contributed by atoms with Crippen molar-refractivity contribution in [3.05, 3.63) is 48.4 Å². The first-order valence-corrected chi connectivity index (χ1v) is 11.2. The van der Waals surface area contributed by atoms with Crippen LogP contribution in [-0.2, 0) is 0 Å². The van der Waals surface area contributed by atoms with Crippen LogP contribution in [0, 0.1) is 0 Å². The van der Waals surface area contributed by atoms with Crippen molar-refractivity contribution in [3.8, 4) is 17.2 Å². The number of piperidine rings is 1. The number of urea groups is 1. The number of nitrogens with zero attached hydrogens (tertiary/aromatic N) is 3. The molecule has 1 N–H and O–H groups in total. The molecule has 2 amide bonds. The van der Waals surface area contributed by atoms with E-state index in [0.29, 0.717) is 24.6 Å². The Hall–Kier alpha value is -3.55. The standard InChI is InChI=1S/C25H30N4O4.CH4/c1-16(2)33-19-7-5-18(6-8-19)28-25(30)29-11-9-17(10-12-29)24-20-13-22(31-3)23(32-4)14-21(20)26-15-27-24;/h5-8,13-17H,9-12H2,1-4H3,(H,28,30);1H4. The molecule has 1 fully saturated rings. The van der Waals surface area contributed by atoms with Crippen LogP contribution in [0.25, 0.3) is 10.9 Å². The molecule has 8 nitrogen and oxygen atoms in total. The quantitative estimate of drug-likeness (QED) is 0.518. The summed E-state index contributed by atoms with van der Waals surface area (Å²) in [7, 11) is 3.23. The van der Waals surface area contributed by atoms with Crippen molar-refractivity contribution < 1.29 is 19.0 Å². The number of ether oxygens (including phenoxy) is 3. The molecule has 0 aliphatic carbocycles. The van der Waals surface area contributed by atoms with Gasteiger partial charge in [-0.15, -0.1) is 0 Å². The highest BCUT2D eigenvalue weighted by atomic mass is 16.5. The fourth-order valence-corrected chi connectivity index (χ4v) is 4.18. The lowest BCUT2D eigenvalue weighted by Crippen LogP contribution is -2.40. The molecule has 0 atom stereocenters. The number of hydrogen-bond donors (Lipinski definition) is 1. The molecule has 0 unspecified atom stereocenters. The van der Waals surface area contributed by atoms with E-state index in [1.165, 1.54) is 0 Å². The summed E-state index contributed by atoms with van der Waals surface area (Å²) in [5.74, 6) is 2.33. The van der Waals surface area contributed by atoms with Crippen LogP contribution in [0.15, 0.2) is 42.7 Å². The van der Waals surface area contributed by atoms with E-state index in [0.717, 1.165) is 40.9 Å². The molecule has 4 rings (SSSR count). The predicted molar refractivity (Wildman–Crippen MR) is 134 cm³/mol. The van der Waals surface area contributed by atoms with E-state index in [-0.39, 0.29) is 25.5 Å². The Morgan fingerprint density at radius 2 is 1.68 bits per heavy atom. The second-order valence-corrected chi connectivity index (χ2v) is 8.37. The van der Waals surface area contributed by atoms with Crippen LogP contribution >= 0.6 is 0 Å². The van der Waals surface area contributed by atoms with Crippen molar-refractivity contribution in [1.29, 1.82) is 0 Å². The summed E-state index contributed by atoms with van der Waals surface area (Å²) in [5.41, 5.74) is 2.56. The van der Waals surface area contributed by atoms with Gasteiger partial charge in [-0.3, -0.25) is 0 Å². The van der Waals surface area contributed by atoms with Gasteiger partial charge in [0.1, 0.15) is 12.1 Å². The minimum absolute atomic E-state index is 0. The number of nitrogens with one attached hydrogen (secondary N) is 1. The number of likely N-dealkylation sites (tertiary alicyclic amines) is 1. The molecular weight excluding hydrogens is 432 g/mol. The minimum Gasteiger partial charge on any atom is -0.493 e. The highest BCUT2D eigenvalue weighted by molar-refractivity contribution is 5.89. The SMILES string of the molecule is C.COc1cc2ncnc(C3CCN(C(=O)Nc4ccc(OC(C)C)cc4)CC3)c2cc1OC. The molecule has 0 saturated carbocycles. The Balaban J connectivity index is 0.00000324. The zero-order chi connectivity index (χ0) is 23.4. The van der Waals surface area contributed by atoms with Gasteiger partial charge in [0.25, 0.3) is 0 Å². The zero-order valence-electron chi connectivity index (χ0n) is 19.5. The largest absolute Gasteiger partial charge is 0.493 e. The number of anilines is 1. The van der Waals surface area contributed by atoms with Crippen molar-refractivity contribution in [2.75, 3.05) is 32.6 Å². The van der Waals surface area contributed by atoms with Crippen LogP contribution in [-0.4, -0.2) is 54.3 Å². The number of benzene rings is 2. The van der Waals surface area contributed by atoms with E-state index in [4.69, 9.17) is 14.2 Å². The first-order chi connectivity index (χ1) is 16.0. The molecule has 2 aromatic carbocycles. The summed E-state index contributed by atoms with van der Waals surface area (Å²) in [6.07, 6.45) is 3.36. The maximum absolute atomic E-state index is 12.8. The lowest BCUT2D eigenvalue weighted by molar-refractivity contribution is 0.194. The van der Waals surface area contributed by atoms with E-state index >= 15 is 0 Å². The predicted octanol–water partition coefficient (Wildman–Crippen LogP) is 5.48. The van der Waals surface area contributed by atoms with Gasteiger partial charge in [0.2, 0.25) is 0 Å². The van der Waals surface area contributed by atoms with E-state index in [9.17, 15) is 4.79 Å². The lowest BCUT2D eigenvalue weighted by Gasteiger charge is -2.32.